The van der Waals surface area contributed by atoms with Gasteiger partial charge in [0.2, 0.25) is 5.88 Å². The van der Waals surface area contributed by atoms with Gasteiger partial charge in [0.15, 0.2) is 5.78 Å². The van der Waals surface area contributed by atoms with Crippen LogP contribution in [-0.2, 0) is 25.5 Å². The van der Waals surface area contributed by atoms with Crippen molar-refractivity contribution in [3.63, 3.8) is 0 Å². The van der Waals surface area contributed by atoms with Gasteiger partial charge in [-0.25, -0.2) is 4.79 Å². The molecule has 0 fully saturated rings. The quantitative estimate of drug-likeness (QED) is 0.864. The number of hydrogen-bond acceptors (Lipinski definition) is 5. The minimum atomic E-state index is -0.568. The Morgan fingerprint density at radius 1 is 1.29 bits per heavy atom. The number of nitrogens with two attached hydrogens (primary N) is 1. The molecule has 0 unspecified atom stereocenters. The van der Waals surface area contributed by atoms with Crippen LogP contribution in [0.1, 0.15) is 43.2 Å². The van der Waals surface area contributed by atoms with Gasteiger partial charge in [-0.1, -0.05) is 31.2 Å². The molecular formula is C19H21NO4. The average molecular weight is 327 g/mol. The number of methoxy groups -OCH3 is 1. The molecule has 0 bridgehead atoms. The molecule has 1 aliphatic heterocycles. The van der Waals surface area contributed by atoms with Crippen molar-refractivity contribution in [3.8, 4) is 0 Å². The zero-order valence-corrected chi connectivity index (χ0v) is 13.9. The topological polar surface area (TPSA) is 78.6 Å². The number of Topliss-reactive ketones (excluding diaryl/α,β-unsaturated/α-hetero) is 1. The summed E-state index contributed by atoms with van der Waals surface area (Å²) in [5.41, 5.74) is 8.78. The maximum Gasteiger partial charge on any atom is 0.340 e. The van der Waals surface area contributed by atoms with E-state index in [1.807, 2.05) is 24.3 Å². The van der Waals surface area contributed by atoms with E-state index in [2.05, 4.69) is 6.92 Å². The standard InChI is InChI=1S/C19H21NO4/c1-3-11-7-9-12(10-8-11)15-16-13(21)5-4-6-14(16)24-18(20)17(15)19(22)23-2/h7-10,15H,3-6,20H2,1-2H3/t15-/m1/s1. The number of carbonyl (C=O) groups is 2. The number of aryl methyl sites for hydroxylation is 1. The molecule has 2 aliphatic rings. The average Bonchev–Trinajstić information content (AvgIpc) is 2.60. The van der Waals surface area contributed by atoms with Crippen molar-refractivity contribution in [2.45, 2.75) is 38.5 Å². The lowest BCUT2D eigenvalue weighted by molar-refractivity contribution is -0.136. The molecule has 1 aromatic rings. The number of carbonyl (C=O) groups excluding carboxylic acids is 2. The molecule has 0 amide bonds. The number of ether oxygens (including phenoxy) is 2. The molecule has 24 heavy (non-hydrogen) atoms. The van der Waals surface area contributed by atoms with Gasteiger partial charge in [0, 0.05) is 18.4 Å². The van der Waals surface area contributed by atoms with Crippen LogP contribution in [0.2, 0.25) is 0 Å². The molecular weight excluding hydrogens is 306 g/mol. The Hall–Kier alpha value is -2.56. The first-order valence-corrected chi connectivity index (χ1v) is 8.17. The zero-order chi connectivity index (χ0) is 17.3. The molecule has 5 heteroatoms. The van der Waals surface area contributed by atoms with Crippen LogP contribution in [0.4, 0.5) is 0 Å². The summed E-state index contributed by atoms with van der Waals surface area (Å²) in [4.78, 5) is 24.8. The third-order valence-corrected chi connectivity index (χ3v) is 4.61. The van der Waals surface area contributed by atoms with Crippen molar-refractivity contribution < 1.29 is 19.1 Å². The lowest BCUT2D eigenvalue weighted by Crippen LogP contribution is -2.31. The number of ketones is 1. The molecule has 0 aromatic heterocycles. The molecule has 0 spiro atoms. The van der Waals surface area contributed by atoms with Gasteiger partial charge in [-0.15, -0.1) is 0 Å². The van der Waals surface area contributed by atoms with Crippen LogP contribution in [0.25, 0.3) is 0 Å². The van der Waals surface area contributed by atoms with Crippen LogP contribution in [0, 0.1) is 0 Å². The van der Waals surface area contributed by atoms with E-state index >= 15 is 0 Å². The van der Waals surface area contributed by atoms with E-state index in [9.17, 15) is 9.59 Å². The Labute approximate surface area is 141 Å². The highest BCUT2D eigenvalue weighted by molar-refractivity contribution is 6.03. The van der Waals surface area contributed by atoms with Crippen LogP contribution in [0.3, 0.4) is 0 Å². The summed E-state index contributed by atoms with van der Waals surface area (Å²) in [6.45, 7) is 2.08. The van der Waals surface area contributed by atoms with Crippen molar-refractivity contribution in [3.05, 3.63) is 58.2 Å². The maximum absolute atomic E-state index is 12.5. The summed E-state index contributed by atoms with van der Waals surface area (Å²) in [6.07, 6.45) is 2.77. The van der Waals surface area contributed by atoms with Crippen molar-refractivity contribution in [1.82, 2.24) is 0 Å². The third-order valence-electron chi connectivity index (χ3n) is 4.61. The summed E-state index contributed by atoms with van der Waals surface area (Å²) < 4.78 is 10.5. The van der Waals surface area contributed by atoms with Crippen LogP contribution in [0.15, 0.2) is 47.1 Å². The van der Waals surface area contributed by atoms with E-state index in [1.54, 1.807) is 0 Å². The Bertz CT molecular complexity index is 743. The number of esters is 1. The monoisotopic (exact) mass is 327 g/mol. The second-order valence-electron chi connectivity index (χ2n) is 6.01. The van der Waals surface area contributed by atoms with Crippen molar-refractivity contribution in [1.29, 1.82) is 0 Å². The molecule has 1 atom stereocenters. The van der Waals surface area contributed by atoms with Gasteiger partial charge in [-0.05, 0) is 24.0 Å². The molecule has 3 rings (SSSR count). The number of rotatable bonds is 3. The van der Waals surface area contributed by atoms with Crippen LogP contribution >= 0.6 is 0 Å². The van der Waals surface area contributed by atoms with Gasteiger partial charge < -0.3 is 15.2 Å². The zero-order valence-electron chi connectivity index (χ0n) is 13.9. The van der Waals surface area contributed by atoms with E-state index in [0.29, 0.717) is 24.2 Å². The van der Waals surface area contributed by atoms with Crippen molar-refractivity contribution in [2.24, 2.45) is 5.73 Å². The molecule has 0 saturated carbocycles. The summed E-state index contributed by atoms with van der Waals surface area (Å²) in [7, 11) is 1.30. The first-order chi connectivity index (χ1) is 11.6. The second-order valence-corrected chi connectivity index (χ2v) is 6.01. The highest BCUT2D eigenvalue weighted by Gasteiger charge is 2.40. The van der Waals surface area contributed by atoms with Crippen LogP contribution in [0.5, 0.6) is 0 Å². The normalized spacial score (nSPS) is 20.6. The fourth-order valence-corrected chi connectivity index (χ4v) is 3.34. The number of allylic oxidation sites excluding steroid dienone is 2. The minimum absolute atomic E-state index is 0.00900. The molecule has 2 N–H and O–H groups in total. The smallest absolute Gasteiger partial charge is 0.340 e. The van der Waals surface area contributed by atoms with Gasteiger partial charge in [0.25, 0.3) is 0 Å². The van der Waals surface area contributed by atoms with Crippen molar-refractivity contribution in [2.75, 3.05) is 7.11 Å². The van der Waals surface area contributed by atoms with E-state index in [1.165, 1.54) is 12.7 Å². The SMILES string of the molecule is CCc1ccc([C@H]2C(C(=O)OC)=C(N)OC3=C2C(=O)CCC3)cc1. The first kappa shape index (κ1) is 16.3. The summed E-state index contributed by atoms with van der Waals surface area (Å²) in [6, 6.07) is 7.89. The molecule has 0 saturated heterocycles. The minimum Gasteiger partial charge on any atom is -0.465 e. The second kappa shape index (κ2) is 6.51. The number of hydrogen-bond donors (Lipinski definition) is 1. The Kier molecular flexibility index (Phi) is 4.42. The Morgan fingerprint density at radius 2 is 2.00 bits per heavy atom. The van der Waals surface area contributed by atoms with Gasteiger partial charge >= 0.3 is 5.97 Å². The molecule has 1 aliphatic carbocycles. The van der Waals surface area contributed by atoms with Gasteiger partial charge in [0.1, 0.15) is 11.3 Å². The predicted molar refractivity (Wildman–Crippen MR) is 88.8 cm³/mol. The highest BCUT2D eigenvalue weighted by Crippen LogP contribution is 2.43. The van der Waals surface area contributed by atoms with Gasteiger partial charge in [-0.2, -0.15) is 0 Å². The molecule has 1 heterocycles. The van der Waals surface area contributed by atoms with Gasteiger partial charge in [-0.3, -0.25) is 4.79 Å². The Morgan fingerprint density at radius 3 is 2.62 bits per heavy atom. The predicted octanol–water partition coefficient (Wildman–Crippen LogP) is 2.71. The molecule has 126 valence electrons. The lowest BCUT2D eigenvalue weighted by atomic mass is 9.77. The highest BCUT2D eigenvalue weighted by atomic mass is 16.5. The fraction of sp³-hybridized carbons (Fsp3) is 0.368. The van der Waals surface area contributed by atoms with E-state index in [4.69, 9.17) is 15.2 Å². The largest absolute Gasteiger partial charge is 0.465 e. The number of benzene rings is 1. The van der Waals surface area contributed by atoms with Crippen molar-refractivity contribution >= 4 is 11.8 Å². The Balaban J connectivity index is 2.15. The van der Waals surface area contributed by atoms with E-state index in [0.717, 1.165) is 18.4 Å². The van der Waals surface area contributed by atoms with Crippen LogP contribution in [-0.4, -0.2) is 18.9 Å². The molecule has 0 radical (unpaired) electrons. The van der Waals surface area contributed by atoms with Crippen LogP contribution < -0.4 is 5.73 Å². The lowest BCUT2D eigenvalue weighted by Gasteiger charge is -2.32. The fourth-order valence-electron chi connectivity index (χ4n) is 3.34. The molecule has 1 aromatic carbocycles. The first-order valence-electron chi connectivity index (χ1n) is 8.17. The van der Waals surface area contributed by atoms with Gasteiger partial charge in [0.05, 0.1) is 13.0 Å². The van der Waals surface area contributed by atoms with E-state index < -0.39 is 11.9 Å². The molecule has 5 nitrogen and oxygen atoms in total. The third kappa shape index (κ3) is 2.70. The summed E-state index contributed by atoms with van der Waals surface area (Å²) in [5.74, 6) is -0.475. The van der Waals surface area contributed by atoms with E-state index in [-0.39, 0.29) is 17.2 Å². The summed E-state index contributed by atoms with van der Waals surface area (Å²) >= 11 is 0. The summed E-state index contributed by atoms with van der Waals surface area (Å²) in [5, 5.41) is 0. The maximum atomic E-state index is 12.5.